The monoisotopic (exact) mass is 829 g/mol. The summed E-state index contributed by atoms with van der Waals surface area (Å²) in [5.41, 5.74) is 6.78. The highest BCUT2D eigenvalue weighted by Gasteiger charge is 2.45. The van der Waals surface area contributed by atoms with E-state index >= 15 is 0 Å². The van der Waals surface area contributed by atoms with Crippen LogP contribution in [0, 0.1) is 0 Å². The van der Waals surface area contributed by atoms with E-state index < -0.39 is 55.7 Å². The predicted molar refractivity (Wildman–Crippen MR) is 194 cm³/mol. The fraction of sp³-hybridized carbons (Fsp3) is 0.400. The van der Waals surface area contributed by atoms with Gasteiger partial charge in [0.1, 0.15) is 18.5 Å². The average molecular weight is 830 g/mol. The van der Waals surface area contributed by atoms with Crippen molar-refractivity contribution in [3.8, 4) is 16.9 Å². The highest BCUT2D eigenvalue weighted by atomic mass is 32.2. The lowest BCUT2D eigenvalue weighted by atomic mass is 9.88. The minimum atomic E-state index is -5.08. The largest absolute Gasteiger partial charge is 0.491 e. The van der Waals surface area contributed by atoms with Gasteiger partial charge in [-0.1, -0.05) is 42.5 Å². The molecule has 2 heterocycles. The average Bonchev–Trinajstić information content (AvgIpc) is 3.57. The van der Waals surface area contributed by atoms with Gasteiger partial charge in [0, 0.05) is 38.3 Å². The second-order valence-corrected chi connectivity index (χ2v) is 16.8. The van der Waals surface area contributed by atoms with Crippen molar-refractivity contribution in [1.29, 1.82) is 0 Å². The van der Waals surface area contributed by atoms with Gasteiger partial charge in [0.15, 0.2) is 0 Å². The Morgan fingerprint density at radius 3 is 2.21 bits per heavy atom. The number of piperidine rings is 1. The molecule has 2 aliphatic heterocycles. The number of carboxylic acids is 1. The molecule has 16 nitrogen and oxygen atoms in total. The summed E-state index contributed by atoms with van der Waals surface area (Å²) in [5, 5.41) is 23.3. The first kappa shape index (κ1) is 44.1. The Bertz CT molecular complexity index is 2080. The number of ether oxygens (including phenoxy) is 2. The maximum absolute atomic E-state index is 13.6. The quantitative estimate of drug-likeness (QED) is 0.134. The summed E-state index contributed by atoms with van der Waals surface area (Å²) in [7, 11) is -6.05. The molecule has 0 aliphatic carbocycles. The van der Waals surface area contributed by atoms with Crippen molar-refractivity contribution in [1.82, 2.24) is 19.7 Å². The Hall–Kier alpha value is -4.64. The number of halogens is 3. The van der Waals surface area contributed by atoms with Crippen molar-refractivity contribution in [3.05, 3.63) is 78.4 Å². The molecule has 0 saturated carbocycles. The molecule has 0 aromatic heterocycles. The number of nitrogens with two attached hydrogens (primary N) is 1. The second-order valence-electron chi connectivity index (χ2n) is 12.9. The van der Waals surface area contributed by atoms with Crippen LogP contribution in [-0.4, -0.2) is 113 Å². The zero-order valence-electron chi connectivity index (χ0n) is 30.0. The molecule has 2 atom stereocenters. The number of carboxylic acid groups (broad SMARTS) is 1. The first-order valence-electron chi connectivity index (χ1n) is 17.0. The van der Waals surface area contributed by atoms with E-state index in [0.29, 0.717) is 44.7 Å². The lowest BCUT2D eigenvalue weighted by molar-refractivity contribution is -0.192. The van der Waals surface area contributed by atoms with E-state index in [1.807, 2.05) is 18.2 Å². The van der Waals surface area contributed by atoms with E-state index in [2.05, 4.69) is 15.4 Å². The summed E-state index contributed by atoms with van der Waals surface area (Å²) in [4.78, 5) is 31.5. The third-order valence-corrected chi connectivity index (χ3v) is 12.3. The standard InChI is InChI=1S/C33H41N5O9S2.C2HF3O2/c1-35-48(42,43)29-6-3-5-28(17-29)46-22-27(39)20-36-26-18-33(47-21-26)12-14-38(15-13-33)49(44,45)30-7-2-4-25(16-30)24-10-8-23(9-11-24)19-37-32(41)31(34)40;3-2(4,5)1(6)7/h2-11,16-17,26-27,35-36,39H,12-15,18-22H2,1H3,(H2,34,40)(H,37,41);(H,6,7)/t26?,27-;/m0./s1. The van der Waals surface area contributed by atoms with Crippen molar-refractivity contribution in [2.24, 2.45) is 5.73 Å². The Morgan fingerprint density at radius 1 is 0.982 bits per heavy atom. The van der Waals surface area contributed by atoms with Crippen LogP contribution < -0.4 is 25.8 Å². The van der Waals surface area contributed by atoms with Crippen LogP contribution in [0.5, 0.6) is 5.75 Å². The van der Waals surface area contributed by atoms with Crippen LogP contribution in [0.4, 0.5) is 13.2 Å². The van der Waals surface area contributed by atoms with Crippen molar-refractivity contribution in [3.63, 3.8) is 0 Å². The highest BCUT2D eigenvalue weighted by Crippen LogP contribution is 2.38. The highest BCUT2D eigenvalue weighted by molar-refractivity contribution is 7.89. The molecule has 1 unspecified atom stereocenters. The molecule has 2 amide bonds. The zero-order valence-corrected chi connectivity index (χ0v) is 31.6. The SMILES string of the molecule is CNS(=O)(=O)c1cccc(OC[C@@H](O)CNC2COC3(CCN(S(=O)(=O)c4cccc(-c5ccc(CNC(=O)C(N)=O)cc5)c4)CC3)C2)c1.O=C(O)C(F)(F)F. The number of aliphatic carboxylic acids is 1. The molecule has 2 saturated heterocycles. The van der Waals surface area contributed by atoms with Crippen LogP contribution >= 0.6 is 0 Å². The van der Waals surface area contributed by atoms with Gasteiger partial charge >= 0.3 is 24.0 Å². The number of primary amides is 1. The molecule has 1 spiro atoms. The number of amides is 2. The Labute approximate surface area is 321 Å². The summed E-state index contributed by atoms with van der Waals surface area (Å²) < 4.78 is 98.6. The van der Waals surface area contributed by atoms with Crippen molar-refractivity contribution >= 4 is 37.8 Å². The molecule has 5 rings (SSSR count). The number of sulfonamides is 2. The third-order valence-electron chi connectivity index (χ3n) is 8.99. The van der Waals surface area contributed by atoms with Gasteiger partial charge in [0.05, 0.1) is 22.0 Å². The van der Waals surface area contributed by atoms with Gasteiger partial charge in [-0.2, -0.15) is 17.5 Å². The third kappa shape index (κ3) is 11.9. The number of carbonyl (C=O) groups excluding carboxylic acids is 2. The zero-order chi connectivity index (χ0) is 41.3. The maximum atomic E-state index is 13.6. The molecule has 306 valence electrons. The lowest BCUT2D eigenvalue weighted by Crippen LogP contribution is -2.47. The first-order valence-corrected chi connectivity index (χ1v) is 20.0. The Morgan fingerprint density at radius 2 is 1.61 bits per heavy atom. The van der Waals surface area contributed by atoms with Crippen LogP contribution in [0.2, 0.25) is 0 Å². The van der Waals surface area contributed by atoms with Gasteiger partial charge in [0.2, 0.25) is 20.0 Å². The van der Waals surface area contributed by atoms with E-state index in [9.17, 15) is 44.7 Å². The fourth-order valence-corrected chi connectivity index (χ4v) is 8.18. The number of hydrogen-bond donors (Lipinski definition) is 6. The molecule has 56 heavy (non-hydrogen) atoms. The van der Waals surface area contributed by atoms with Crippen LogP contribution in [0.25, 0.3) is 11.1 Å². The number of aliphatic hydroxyl groups excluding tert-OH is 1. The minimum absolute atomic E-state index is 0.0237. The fourth-order valence-electron chi connectivity index (χ4n) is 5.93. The number of carbonyl (C=O) groups is 3. The van der Waals surface area contributed by atoms with Crippen LogP contribution in [0.15, 0.2) is 82.6 Å². The molecule has 21 heteroatoms. The normalized spacial score (nSPS) is 17.7. The number of benzene rings is 3. The minimum Gasteiger partial charge on any atom is -0.491 e. The number of nitrogens with zero attached hydrogens (tertiary/aromatic N) is 1. The van der Waals surface area contributed by atoms with E-state index in [-0.39, 0.29) is 35.5 Å². The smallest absolute Gasteiger partial charge is 0.490 e. The summed E-state index contributed by atoms with van der Waals surface area (Å²) >= 11 is 0. The van der Waals surface area contributed by atoms with Gasteiger partial charge in [-0.25, -0.2) is 26.4 Å². The van der Waals surface area contributed by atoms with Crippen LogP contribution in [0.3, 0.4) is 0 Å². The number of hydrogen-bond acceptors (Lipinski definition) is 11. The maximum Gasteiger partial charge on any atom is 0.490 e. The van der Waals surface area contributed by atoms with E-state index in [4.69, 9.17) is 25.1 Å². The van der Waals surface area contributed by atoms with Gasteiger partial charge in [-0.05, 0) is 67.3 Å². The predicted octanol–water partition coefficient (Wildman–Crippen LogP) is 1.34. The summed E-state index contributed by atoms with van der Waals surface area (Å²) in [6, 6.07) is 20.0. The molecular weight excluding hydrogens is 788 g/mol. The van der Waals surface area contributed by atoms with E-state index in [1.54, 1.807) is 42.5 Å². The molecule has 2 fully saturated rings. The topological polar surface area (TPSA) is 244 Å². The lowest BCUT2D eigenvalue weighted by Gasteiger charge is -2.38. The Balaban J connectivity index is 0.000000908. The number of nitrogens with one attached hydrogen (secondary N) is 3. The van der Waals surface area contributed by atoms with Crippen molar-refractivity contribution in [2.45, 2.75) is 59.5 Å². The molecule has 0 bridgehead atoms. The first-order chi connectivity index (χ1) is 26.2. The van der Waals surface area contributed by atoms with Crippen LogP contribution in [0.1, 0.15) is 24.8 Å². The molecular formula is C35H42F3N5O11S2. The number of aliphatic hydroxyl groups is 1. The number of rotatable bonds is 13. The molecule has 7 N–H and O–H groups in total. The van der Waals surface area contributed by atoms with Crippen molar-refractivity contribution < 1.29 is 64.1 Å². The van der Waals surface area contributed by atoms with Crippen LogP contribution in [-0.2, 0) is 45.7 Å². The number of alkyl halides is 3. The summed E-state index contributed by atoms with van der Waals surface area (Å²) in [6.07, 6.45) is -4.18. The van der Waals surface area contributed by atoms with E-state index in [1.165, 1.54) is 23.5 Å². The molecule has 3 aromatic carbocycles. The van der Waals surface area contributed by atoms with Crippen molar-refractivity contribution in [2.75, 3.05) is 39.9 Å². The van der Waals surface area contributed by atoms with E-state index in [0.717, 1.165) is 16.7 Å². The van der Waals surface area contributed by atoms with Gasteiger partial charge in [0.25, 0.3) is 0 Å². The molecule has 3 aromatic rings. The Kier molecular flexibility index (Phi) is 14.6. The van der Waals surface area contributed by atoms with Gasteiger partial charge in [-0.15, -0.1) is 0 Å². The summed E-state index contributed by atoms with van der Waals surface area (Å²) in [5.74, 6) is -4.36. The molecule has 2 aliphatic rings. The van der Waals surface area contributed by atoms with Gasteiger partial charge < -0.3 is 36.1 Å². The van der Waals surface area contributed by atoms with Gasteiger partial charge in [-0.3, -0.25) is 9.59 Å². The molecule has 0 radical (unpaired) electrons. The summed E-state index contributed by atoms with van der Waals surface area (Å²) in [6.45, 7) is 1.39. The second kappa shape index (κ2) is 18.5.